The second-order valence-electron chi connectivity index (χ2n) is 5.10. The first-order valence-electron chi connectivity index (χ1n) is 7.12. The van der Waals surface area contributed by atoms with Crippen molar-refractivity contribution in [2.45, 2.75) is 43.5 Å². The van der Waals surface area contributed by atoms with E-state index in [2.05, 4.69) is 12.2 Å². The van der Waals surface area contributed by atoms with E-state index in [9.17, 15) is 9.59 Å². The van der Waals surface area contributed by atoms with Crippen LogP contribution in [0.5, 0.6) is 0 Å². The number of carboxylic acids is 1. The van der Waals surface area contributed by atoms with Crippen LogP contribution in [0.1, 0.15) is 26.2 Å². The molecule has 1 heterocycles. The maximum atomic E-state index is 12.3. The lowest BCUT2D eigenvalue weighted by Crippen LogP contribution is -2.57. The first kappa shape index (κ1) is 15.4. The van der Waals surface area contributed by atoms with Gasteiger partial charge in [0.2, 0.25) is 0 Å². The summed E-state index contributed by atoms with van der Waals surface area (Å²) >= 11 is 1.87. The van der Waals surface area contributed by atoms with E-state index in [1.807, 2.05) is 11.8 Å². The molecule has 3 unspecified atom stereocenters. The van der Waals surface area contributed by atoms with Crippen molar-refractivity contribution < 1.29 is 19.4 Å². The zero-order valence-corrected chi connectivity index (χ0v) is 12.5. The van der Waals surface area contributed by atoms with Crippen molar-refractivity contribution in [2.75, 3.05) is 25.5 Å². The topological polar surface area (TPSA) is 78.9 Å². The van der Waals surface area contributed by atoms with Gasteiger partial charge in [-0.05, 0) is 18.6 Å². The Bertz CT molecular complexity index is 366. The quantitative estimate of drug-likeness (QED) is 0.814. The molecule has 20 heavy (non-hydrogen) atoms. The number of aliphatic carboxylic acids is 1. The zero-order chi connectivity index (χ0) is 14.5. The number of urea groups is 1. The zero-order valence-electron chi connectivity index (χ0n) is 11.7. The third-order valence-corrected chi connectivity index (χ3v) is 5.14. The van der Waals surface area contributed by atoms with Gasteiger partial charge in [0.1, 0.15) is 0 Å². The summed E-state index contributed by atoms with van der Waals surface area (Å²) in [5.41, 5.74) is 0. The van der Waals surface area contributed by atoms with Crippen molar-refractivity contribution in [3.05, 3.63) is 0 Å². The van der Waals surface area contributed by atoms with Crippen molar-refractivity contribution in [2.24, 2.45) is 0 Å². The third-order valence-electron chi connectivity index (χ3n) is 3.82. The van der Waals surface area contributed by atoms with Gasteiger partial charge < -0.3 is 20.1 Å². The molecule has 0 aromatic carbocycles. The number of ether oxygens (including phenoxy) is 1. The predicted octanol–water partition coefficient (Wildman–Crippen LogP) is 1.16. The summed E-state index contributed by atoms with van der Waals surface area (Å²) < 4.78 is 5.15. The van der Waals surface area contributed by atoms with Crippen LogP contribution in [-0.2, 0) is 9.53 Å². The Hall–Kier alpha value is -0.950. The van der Waals surface area contributed by atoms with Crippen molar-refractivity contribution in [1.82, 2.24) is 10.2 Å². The molecule has 1 aliphatic carbocycles. The molecular formula is C13H22N2O4S. The van der Waals surface area contributed by atoms with Crippen LogP contribution in [0.4, 0.5) is 4.79 Å². The number of carbonyl (C=O) groups is 2. The Morgan fingerprint density at radius 2 is 2.25 bits per heavy atom. The summed E-state index contributed by atoms with van der Waals surface area (Å²) in [5.74, 6) is 0.0255. The number of amides is 2. The smallest absolute Gasteiger partial charge is 0.328 e. The Kier molecular flexibility index (Phi) is 5.54. The number of thioether (sulfide) groups is 1. The number of hydrogen-bond acceptors (Lipinski definition) is 4. The lowest BCUT2D eigenvalue weighted by molar-refractivity contribution is -0.147. The summed E-state index contributed by atoms with van der Waals surface area (Å²) in [6.07, 6.45) is 3.22. The number of carboxylic acid groups (broad SMARTS) is 1. The Labute approximate surface area is 123 Å². The summed E-state index contributed by atoms with van der Waals surface area (Å²) in [6, 6.07) is -0.985. The maximum absolute atomic E-state index is 12.3. The molecule has 1 aliphatic heterocycles. The lowest BCUT2D eigenvalue weighted by Gasteiger charge is -2.34. The minimum absolute atomic E-state index is 0.0700. The number of morpholine rings is 1. The highest BCUT2D eigenvalue weighted by atomic mass is 32.2. The standard InChI is InChI=1S/C13H22N2O4S/c1-2-20-11-5-3-4-9(11)14-13(18)15-6-7-19-8-10(15)12(16)17/h9-11H,2-8H2,1H3,(H,14,18)(H,16,17). The minimum atomic E-state index is -1.01. The van der Waals surface area contributed by atoms with Gasteiger partial charge in [-0.2, -0.15) is 11.8 Å². The molecule has 3 atom stereocenters. The first-order valence-corrected chi connectivity index (χ1v) is 8.17. The molecule has 114 valence electrons. The van der Waals surface area contributed by atoms with Gasteiger partial charge in [-0.3, -0.25) is 0 Å². The van der Waals surface area contributed by atoms with Crippen molar-refractivity contribution in [3.63, 3.8) is 0 Å². The number of rotatable bonds is 4. The fourth-order valence-corrected chi connectivity index (χ4v) is 4.00. The highest BCUT2D eigenvalue weighted by molar-refractivity contribution is 7.99. The summed E-state index contributed by atoms with van der Waals surface area (Å²) in [4.78, 5) is 24.9. The summed E-state index contributed by atoms with van der Waals surface area (Å²) in [7, 11) is 0. The van der Waals surface area contributed by atoms with Crippen LogP contribution >= 0.6 is 11.8 Å². The van der Waals surface area contributed by atoms with Gasteiger partial charge >= 0.3 is 12.0 Å². The van der Waals surface area contributed by atoms with E-state index in [1.54, 1.807) is 0 Å². The van der Waals surface area contributed by atoms with Gasteiger partial charge in [-0.15, -0.1) is 0 Å². The van der Waals surface area contributed by atoms with Crippen molar-refractivity contribution >= 4 is 23.8 Å². The average Bonchev–Trinajstić information content (AvgIpc) is 2.86. The van der Waals surface area contributed by atoms with E-state index < -0.39 is 12.0 Å². The number of hydrogen-bond donors (Lipinski definition) is 2. The fraction of sp³-hybridized carbons (Fsp3) is 0.846. The molecule has 0 bridgehead atoms. The summed E-state index contributed by atoms with van der Waals surface area (Å²) in [5, 5.41) is 12.6. The largest absolute Gasteiger partial charge is 0.480 e. The SMILES string of the molecule is CCSC1CCCC1NC(=O)N1CCOCC1C(=O)O. The van der Waals surface area contributed by atoms with Crippen LogP contribution in [0.15, 0.2) is 0 Å². The van der Waals surface area contributed by atoms with Crippen LogP contribution in [0.25, 0.3) is 0 Å². The molecule has 2 N–H and O–H groups in total. The average molecular weight is 302 g/mol. The number of nitrogens with one attached hydrogen (secondary N) is 1. The Morgan fingerprint density at radius 3 is 2.95 bits per heavy atom. The molecule has 0 aromatic rings. The van der Waals surface area contributed by atoms with E-state index in [4.69, 9.17) is 9.84 Å². The minimum Gasteiger partial charge on any atom is -0.480 e. The molecule has 2 aliphatic rings. The Morgan fingerprint density at radius 1 is 1.45 bits per heavy atom. The molecule has 0 spiro atoms. The third kappa shape index (κ3) is 3.58. The molecule has 0 radical (unpaired) electrons. The van der Waals surface area contributed by atoms with Gasteiger partial charge in [0.15, 0.2) is 6.04 Å². The molecule has 7 heteroatoms. The Balaban J connectivity index is 1.94. The molecule has 6 nitrogen and oxygen atoms in total. The van der Waals surface area contributed by atoms with Crippen LogP contribution in [0, 0.1) is 0 Å². The van der Waals surface area contributed by atoms with Gasteiger partial charge in [0.25, 0.3) is 0 Å². The van der Waals surface area contributed by atoms with E-state index in [1.165, 1.54) is 4.90 Å². The van der Waals surface area contributed by atoms with E-state index in [0.717, 1.165) is 25.0 Å². The molecule has 1 saturated heterocycles. The van der Waals surface area contributed by atoms with Gasteiger partial charge in [0.05, 0.1) is 13.2 Å². The molecule has 2 amide bonds. The van der Waals surface area contributed by atoms with Gasteiger partial charge in [0, 0.05) is 17.8 Å². The van der Waals surface area contributed by atoms with Crippen LogP contribution in [-0.4, -0.2) is 64.9 Å². The van der Waals surface area contributed by atoms with Crippen LogP contribution in [0.3, 0.4) is 0 Å². The highest BCUT2D eigenvalue weighted by Crippen LogP contribution is 2.30. The van der Waals surface area contributed by atoms with Crippen LogP contribution < -0.4 is 5.32 Å². The van der Waals surface area contributed by atoms with Gasteiger partial charge in [-0.1, -0.05) is 13.3 Å². The fourth-order valence-electron chi connectivity index (χ4n) is 2.80. The molecule has 2 rings (SSSR count). The van der Waals surface area contributed by atoms with E-state index >= 15 is 0 Å². The van der Waals surface area contributed by atoms with Crippen molar-refractivity contribution in [3.8, 4) is 0 Å². The lowest BCUT2D eigenvalue weighted by atomic mass is 10.2. The molecule has 2 fully saturated rings. The molecule has 1 saturated carbocycles. The van der Waals surface area contributed by atoms with Crippen molar-refractivity contribution in [1.29, 1.82) is 0 Å². The first-order chi connectivity index (χ1) is 9.63. The highest BCUT2D eigenvalue weighted by Gasteiger charge is 2.35. The molecular weight excluding hydrogens is 280 g/mol. The molecule has 0 aromatic heterocycles. The number of carbonyl (C=O) groups excluding carboxylic acids is 1. The monoisotopic (exact) mass is 302 g/mol. The van der Waals surface area contributed by atoms with Crippen LogP contribution in [0.2, 0.25) is 0 Å². The predicted molar refractivity (Wildman–Crippen MR) is 77.0 cm³/mol. The second kappa shape index (κ2) is 7.17. The van der Waals surface area contributed by atoms with E-state index in [0.29, 0.717) is 18.4 Å². The van der Waals surface area contributed by atoms with Gasteiger partial charge in [-0.25, -0.2) is 9.59 Å². The maximum Gasteiger partial charge on any atom is 0.328 e. The summed E-state index contributed by atoms with van der Waals surface area (Å²) in [6.45, 7) is 2.92. The number of nitrogens with zero attached hydrogens (tertiary/aromatic N) is 1. The normalized spacial score (nSPS) is 30.2. The van der Waals surface area contributed by atoms with E-state index in [-0.39, 0.29) is 18.7 Å². The second-order valence-corrected chi connectivity index (χ2v) is 6.62.